The summed E-state index contributed by atoms with van der Waals surface area (Å²) in [6.45, 7) is 4.33. The van der Waals surface area contributed by atoms with Crippen LogP contribution in [-0.2, 0) is 0 Å². The van der Waals surface area contributed by atoms with Crippen molar-refractivity contribution in [2.24, 2.45) is 0 Å². The monoisotopic (exact) mass is 242 g/mol. The Hall–Kier alpha value is -1.96. The minimum Gasteiger partial charge on any atom is -0.504 e. The second-order valence-electron chi connectivity index (χ2n) is 4.63. The molecule has 0 aliphatic rings. The molecule has 1 N–H and O–H groups in total. The first kappa shape index (κ1) is 12.5. The minimum absolute atomic E-state index is 0.192. The summed E-state index contributed by atoms with van der Waals surface area (Å²) in [6, 6.07) is 13.8. The molecule has 0 aliphatic heterocycles. The average molecular weight is 242 g/mol. The van der Waals surface area contributed by atoms with Crippen LogP contribution in [0.5, 0.6) is 11.5 Å². The molecule has 0 radical (unpaired) electrons. The summed E-state index contributed by atoms with van der Waals surface area (Å²) in [6.07, 6.45) is 0. The summed E-state index contributed by atoms with van der Waals surface area (Å²) in [5, 5.41) is 10.1. The normalized spacial score (nSPS) is 10.7. The number of ether oxygens (including phenoxy) is 1. The van der Waals surface area contributed by atoms with Gasteiger partial charge in [-0.1, -0.05) is 50.2 Å². The Bertz CT molecular complexity index is 527. The molecule has 2 heteroatoms. The Kier molecular flexibility index (Phi) is 3.56. The van der Waals surface area contributed by atoms with Crippen LogP contribution in [0.4, 0.5) is 0 Å². The highest BCUT2D eigenvalue weighted by Crippen LogP contribution is 2.36. The van der Waals surface area contributed by atoms with E-state index in [9.17, 15) is 5.11 Å². The van der Waals surface area contributed by atoms with Crippen LogP contribution < -0.4 is 4.74 Å². The zero-order chi connectivity index (χ0) is 13.1. The number of aromatic hydroxyl groups is 1. The number of phenolic OH excluding ortho intramolecular Hbond substituents is 1. The van der Waals surface area contributed by atoms with Crippen molar-refractivity contribution in [3.8, 4) is 22.6 Å². The molecule has 0 heterocycles. The number of rotatable bonds is 3. The first-order valence-electron chi connectivity index (χ1n) is 6.09. The molecular weight excluding hydrogens is 224 g/mol. The van der Waals surface area contributed by atoms with Gasteiger partial charge in [-0.2, -0.15) is 0 Å². The second kappa shape index (κ2) is 5.13. The molecule has 2 aromatic rings. The van der Waals surface area contributed by atoms with Gasteiger partial charge in [0.2, 0.25) is 0 Å². The minimum atomic E-state index is 0.192. The third kappa shape index (κ3) is 2.33. The van der Waals surface area contributed by atoms with E-state index in [-0.39, 0.29) is 5.75 Å². The van der Waals surface area contributed by atoms with Crippen molar-refractivity contribution in [2.45, 2.75) is 19.8 Å². The van der Waals surface area contributed by atoms with Crippen molar-refractivity contribution in [3.63, 3.8) is 0 Å². The van der Waals surface area contributed by atoms with Gasteiger partial charge in [-0.3, -0.25) is 0 Å². The fourth-order valence-electron chi connectivity index (χ4n) is 1.97. The summed E-state index contributed by atoms with van der Waals surface area (Å²) < 4.78 is 5.12. The number of para-hydroxylation sites is 1. The van der Waals surface area contributed by atoms with E-state index in [0.717, 1.165) is 11.1 Å². The van der Waals surface area contributed by atoms with Gasteiger partial charge in [0.25, 0.3) is 0 Å². The highest BCUT2D eigenvalue weighted by molar-refractivity contribution is 5.73. The molecule has 2 aromatic carbocycles. The zero-order valence-corrected chi connectivity index (χ0v) is 11.0. The quantitative estimate of drug-likeness (QED) is 0.874. The van der Waals surface area contributed by atoms with Gasteiger partial charge in [-0.25, -0.2) is 0 Å². The molecule has 18 heavy (non-hydrogen) atoms. The fraction of sp³-hybridized carbons (Fsp3) is 0.250. The number of methoxy groups -OCH3 is 1. The Balaban J connectivity index is 2.43. The average Bonchev–Trinajstić information content (AvgIpc) is 2.39. The highest BCUT2D eigenvalue weighted by Gasteiger charge is 2.09. The first-order chi connectivity index (χ1) is 8.63. The predicted molar refractivity (Wildman–Crippen MR) is 74.2 cm³/mol. The van der Waals surface area contributed by atoms with Crippen molar-refractivity contribution in [1.29, 1.82) is 0 Å². The largest absolute Gasteiger partial charge is 0.504 e. The molecule has 0 fully saturated rings. The molecule has 0 unspecified atom stereocenters. The maximum absolute atomic E-state index is 10.1. The Morgan fingerprint density at radius 3 is 2.22 bits per heavy atom. The second-order valence-corrected chi connectivity index (χ2v) is 4.63. The molecule has 0 spiro atoms. The van der Waals surface area contributed by atoms with Gasteiger partial charge in [0.1, 0.15) is 0 Å². The molecule has 0 saturated heterocycles. The van der Waals surface area contributed by atoms with Gasteiger partial charge in [-0.15, -0.1) is 0 Å². The Labute approximate surface area is 108 Å². The van der Waals surface area contributed by atoms with E-state index in [1.165, 1.54) is 5.56 Å². The standard InChI is InChI=1S/C16H18O2/c1-11(2)12-7-9-13(10-8-12)14-5-4-6-15(18-3)16(14)17/h4-11,17H,1-3H3. The van der Waals surface area contributed by atoms with Crippen molar-refractivity contribution >= 4 is 0 Å². The summed E-state index contributed by atoms with van der Waals surface area (Å²) in [5.41, 5.74) is 3.08. The van der Waals surface area contributed by atoms with E-state index < -0.39 is 0 Å². The lowest BCUT2D eigenvalue weighted by molar-refractivity contribution is 0.374. The highest BCUT2D eigenvalue weighted by atomic mass is 16.5. The lowest BCUT2D eigenvalue weighted by Crippen LogP contribution is -1.88. The number of phenols is 1. The topological polar surface area (TPSA) is 29.5 Å². The predicted octanol–water partition coefficient (Wildman–Crippen LogP) is 4.19. The number of hydrogen-bond acceptors (Lipinski definition) is 2. The van der Waals surface area contributed by atoms with E-state index in [4.69, 9.17) is 4.74 Å². The molecule has 2 rings (SSSR count). The van der Waals surface area contributed by atoms with Crippen LogP contribution in [0.25, 0.3) is 11.1 Å². The van der Waals surface area contributed by atoms with Crippen molar-refractivity contribution in [1.82, 2.24) is 0 Å². The molecule has 0 bridgehead atoms. The van der Waals surface area contributed by atoms with Crippen LogP contribution in [0.15, 0.2) is 42.5 Å². The molecule has 0 atom stereocenters. The van der Waals surface area contributed by atoms with Crippen LogP contribution >= 0.6 is 0 Å². The Morgan fingerprint density at radius 1 is 1.00 bits per heavy atom. The SMILES string of the molecule is COc1cccc(-c2ccc(C(C)C)cc2)c1O. The first-order valence-corrected chi connectivity index (χ1v) is 6.09. The van der Waals surface area contributed by atoms with Gasteiger partial charge in [-0.05, 0) is 23.1 Å². The lowest BCUT2D eigenvalue weighted by Gasteiger charge is -2.10. The molecular formula is C16H18O2. The van der Waals surface area contributed by atoms with Gasteiger partial charge >= 0.3 is 0 Å². The van der Waals surface area contributed by atoms with Crippen LogP contribution in [0.3, 0.4) is 0 Å². The van der Waals surface area contributed by atoms with E-state index >= 15 is 0 Å². The summed E-state index contributed by atoms with van der Waals surface area (Å²) >= 11 is 0. The molecule has 0 amide bonds. The van der Waals surface area contributed by atoms with E-state index in [0.29, 0.717) is 11.7 Å². The molecule has 0 aromatic heterocycles. The number of hydrogen-bond donors (Lipinski definition) is 1. The van der Waals surface area contributed by atoms with Crippen molar-refractivity contribution in [2.75, 3.05) is 7.11 Å². The van der Waals surface area contributed by atoms with E-state index in [1.54, 1.807) is 13.2 Å². The smallest absolute Gasteiger partial charge is 0.165 e. The molecule has 2 nitrogen and oxygen atoms in total. The molecule has 0 saturated carbocycles. The van der Waals surface area contributed by atoms with E-state index in [1.807, 2.05) is 24.3 Å². The number of benzene rings is 2. The third-order valence-electron chi connectivity index (χ3n) is 3.11. The van der Waals surface area contributed by atoms with Gasteiger partial charge < -0.3 is 9.84 Å². The summed E-state index contributed by atoms with van der Waals surface area (Å²) in [7, 11) is 1.56. The zero-order valence-electron chi connectivity index (χ0n) is 11.0. The van der Waals surface area contributed by atoms with Crippen molar-refractivity contribution < 1.29 is 9.84 Å². The Morgan fingerprint density at radius 2 is 1.67 bits per heavy atom. The van der Waals surface area contributed by atoms with Crippen LogP contribution in [0.2, 0.25) is 0 Å². The van der Waals surface area contributed by atoms with Crippen LogP contribution in [0.1, 0.15) is 25.3 Å². The maximum atomic E-state index is 10.1. The van der Waals surface area contributed by atoms with E-state index in [2.05, 4.69) is 26.0 Å². The maximum Gasteiger partial charge on any atom is 0.165 e. The van der Waals surface area contributed by atoms with Gasteiger partial charge in [0.05, 0.1) is 7.11 Å². The van der Waals surface area contributed by atoms with Gasteiger partial charge in [0, 0.05) is 5.56 Å². The third-order valence-corrected chi connectivity index (χ3v) is 3.11. The van der Waals surface area contributed by atoms with Crippen LogP contribution in [0, 0.1) is 0 Å². The fourth-order valence-corrected chi connectivity index (χ4v) is 1.97. The summed E-state index contributed by atoms with van der Waals surface area (Å²) in [4.78, 5) is 0. The molecule has 94 valence electrons. The molecule has 0 aliphatic carbocycles. The van der Waals surface area contributed by atoms with Gasteiger partial charge in [0.15, 0.2) is 11.5 Å². The summed E-state index contributed by atoms with van der Waals surface area (Å²) in [5.74, 6) is 1.20. The lowest BCUT2D eigenvalue weighted by atomic mass is 9.98. The van der Waals surface area contributed by atoms with Crippen LogP contribution in [-0.4, -0.2) is 12.2 Å². The van der Waals surface area contributed by atoms with Crippen molar-refractivity contribution in [3.05, 3.63) is 48.0 Å².